The van der Waals surface area contributed by atoms with Gasteiger partial charge in [0.05, 0.1) is 32.2 Å². The molecule has 1 saturated heterocycles. The Hall–Kier alpha value is -1.74. The first-order valence-corrected chi connectivity index (χ1v) is 14.6. The molecule has 1 amide bonds. The fourth-order valence-corrected chi connectivity index (χ4v) is 5.22. The van der Waals surface area contributed by atoms with Crippen LogP contribution in [0, 0.1) is 0 Å². The Bertz CT molecular complexity index is 821. The van der Waals surface area contributed by atoms with Gasteiger partial charge in [-0.05, 0) is 31.2 Å². The summed E-state index contributed by atoms with van der Waals surface area (Å²) in [4.78, 5) is 11.2. The molecular formula is C27H47N3O4S. The predicted octanol–water partition coefficient (Wildman–Crippen LogP) is 4.70. The molecular weight excluding hydrogens is 462 g/mol. The van der Waals surface area contributed by atoms with E-state index in [9.17, 15) is 17.8 Å². The molecule has 1 heterocycles. The molecule has 7 nitrogen and oxygen atoms in total. The average Bonchev–Trinajstić information content (AvgIpc) is 2.85. The number of amides is 1. The molecule has 200 valence electrons. The van der Waals surface area contributed by atoms with Gasteiger partial charge in [0.15, 0.2) is 10.3 Å². The number of nitrogens with zero attached hydrogens (tertiary/aromatic N) is 2. The van der Waals surface area contributed by atoms with E-state index < -0.39 is 28.3 Å². The van der Waals surface area contributed by atoms with Crippen molar-refractivity contribution in [1.82, 2.24) is 4.31 Å². The van der Waals surface area contributed by atoms with Crippen molar-refractivity contribution in [1.29, 1.82) is 0 Å². The lowest BCUT2D eigenvalue weighted by Crippen LogP contribution is -2.69. The molecule has 2 atom stereocenters. The number of benzene rings is 1. The molecule has 0 bridgehead atoms. The predicted molar refractivity (Wildman–Crippen MR) is 143 cm³/mol. The van der Waals surface area contributed by atoms with E-state index in [0.717, 1.165) is 5.56 Å². The minimum absolute atomic E-state index is 0.261. The number of hydrogen-bond donors (Lipinski definition) is 1. The molecule has 8 heteroatoms. The van der Waals surface area contributed by atoms with Crippen molar-refractivity contribution in [2.24, 2.45) is 5.73 Å². The van der Waals surface area contributed by atoms with Crippen molar-refractivity contribution in [3.63, 3.8) is 0 Å². The summed E-state index contributed by atoms with van der Waals surface area (Å²) in [5.41, 5.74) is 6.30. The molecule has 2 N–H and O–H groups in total. The van der Waals surface area contributed by atoms with Gasteiger partial charge in [0.1, 0.15) is 6.04 Å². The minimum atomic E-state index is -4.80. The zero-order valence-corrected chi connectivity index (χ0v) is 23.0. The second-order valence-electron chi connectivity index (χ2n) is 9.53. The maximum atomic E-state index is 11.2. The van der Waals surface area contributed by atoms with Crippen molar-refractivity contribution < 1.29 is 22.2 Å². The summed E-state index contributed by atoms with van der Waals surface area (Å²) in [6.45, 7) is 15.0. The number of β-lactam (4-membered cyclic amide) rings is 1. The van der Waals surface area contributed by atoms with Crippen molar-refractivity contribution in [3.8, 4) is 0 Å². The van der Waals surface area contributed by atoms with Crippen LogP contribution in [-0.2, 0) is 15.1 Å². The fraction of sp³-hybridized carbons (Fsp3) is 0.667. The van der Waals surface area contributed by atoms with Crippen LogP contribution in [0.1, 0.15) is 84.6 Å². The maximum Gasteiger partial charge on any atom is 0.255 e. The Balaban J connectivity index is 0.000000351. The van der Waals surface area contributed by atoms with Gasteiger partial charge in [-0.25, -0.2) is 12.7 Å². The van der Waals surface area contributed by atoms with Gasteiger partial charge >= 0.3 is 0 Å². The second kappa shape index (κ2) is 16.1. The normalized spacial score (nSPS) is 18.3. The van der Waals surface area contributed by atoms with Crippen LogP contribution in [0.5, 0.6) is 0 Å². The van der Waals surface area contributed by atoms with Gasteiger partial charge in [0.25, 0.3) is 5.91 Å². The Labute approximate surface area is 213 Å². The number of quaternary nitrogens is 1. The molecule has 0 aliphatic carbocycles. The number of rotatable bonds is 15. The number of nitrogens with two attached hydrogens (primary N) is 1. The summed E-state index contributed by atoms with van der Waals surface area (Å²) in [5, 5.41) is 0. The molecule has 2 rings (SSSR count). The van der Waals surface area contributed by atoms with Crippen molar-refractivity contribution in [3.05, 3.63) is 42.0 Å². The third-order valence-electron chi connectivity index (χ3n) is 6.61. The Kier molecular flexibility index (Phi) is 14.4. The standard InChI is InChI=1S/C16H36N.C11H12N2O4S/c1-5-9-13-17(14-10-6-2,15-11-7-3)16-12-8-4;12-10-9(13(11(10)14)18(15,16)17)7-6-8-4-2-1-3-5-8/h5-16H2,1-4H3;1-7,9-10H,12H2,(H,15,16,17)/q+1;/p-1/t;9-,10+/m.0/s1. The number of hydrogen-bond acceptors (Lipinski definition) is 5. The highest BCUT2D eigenvalue weighted by Gasteiger charge is 2.46. The molecule has 0 spiro atoms. The van der Waals surface area contributed by atoms with Gasteiger partial charge in [0.2, 0.25) is 0 Å². The van der Waals surface area contributed by atoms with Crippen LogP contribution in [0.2, 0.25) is 0 Å². The first kappa shape index (κ1) is 31.3. The van der Waals surface area contributed by atoms with Gasteiger partial charge < -0.3 is 14.8 Å². The largest absolute Gasteiger partial charge is 0.731 e. The summed E-state index contributed by atoms with van der Waals surface area (Å²) in [6.07, 6.45) is 14.1. The van der Waals surface area contributed by atoms with Gasteiger partial charge in [-0.1, -0.05) is 95.9 Å². The van der Waals surface area contributed by atoms with Crippen LogP contribution in [0.4, 0.5) is 0 Å². The zero-order valence-electron chi connectivity index (χ0n) is 22.2. The molecule has 0 radical (unpaired) electrons. The van der Waals surface area contributed by atoms with Crippen LogP contribution < -0.4 is 5.73 Å². The summed E-state index contributed by atoms with van der Waals surface area (Å²) < 4.78 is 34.2. The molecule has 1 aromatic rings. The first-order chi connectivity index (χ1) is 16.7. The molecule has 0 saturated carbocycles. The Morgan fingerprint density at radius 2 is 1.31 bits per heavy atom. The van der Waals surface area contributed by atoms with Crippen molar-refractivity contribution >= 4 is 22.3 Å². The molecule has 1 aliphatic rings. The van der Waals surface area contributed by atoms with Crippen LogP contribution in [0.3, 0.4) is 0 Å². The van der Waals surface area contributed by atoms with Crippen LogP contribution >= 0.6 is 0 Å². The summed E-state index contributed by atoms with van der Waals surface area (Å²) in [5.74, 6) is -0.868. The molecule has 0 unspecified atom stereocenters. The lowest BCUT2D eigenvalue weighted by Gasteiger charge is -2.44. The highest BCUT2D eigenvalue weighted by Crippen LogP contribution is 2.23. The van der Waals surface area contributed by atoms with E-state index in [0.29, 0.717) is 0 Å². The highest BCUT2D eigenvalue weighted by atomic mass is 32.2. The fourth-order valence-electron chi connectivity index (χ4n) is 4.38. The quantitative estimate of drug-likeness (QED) is 0.210. The van der Waals surface area contributed by atoms with E-state index in [4.69, 9.17) is 5.73 Å². The van der Waals surface area contributed by atoms with Gasteiger partial charge in [-0.15, -0.1) is 0 Å². The molecule has 35 heavy (non-hydrogen) atoms. The Morgan fingerprint density at radius 3 is 1.69 bits per heavy atom. The van der Waals surface area contributed by atoms with Gasteiger partial charge in [-0.3, -0.25) is 4.79 Å². The van der Waals surface area contributed by atoms with E-state index in [1.54, 1.807) is 18.2 Å². The third-order valence-corrected chi connectivity index (χ3v) is 7.52. The average molecular weight is 510 g/mol. The maximum absolute atomic E-state index is 11.2. The van der Waals surface area contributed by atoms with E-state index in [1.807, 2.05) is 18.2 Å². The van der Waals surface area contributed by atoms with Crippen LogP contribution in [0.15, 0.2) is 36.4 Å². The summed E-state index contributed by atoms with van der Waals surface area (Å²) in [7, 11) is -4.80. The SMILES string of the molecule is CCCC[N+](CCCC)(CCCC)CCCC.N[C@H]1C(=O)N(S(=O)(=O)[O-])[C@H]1C=Cc1ccccc1. The van der Waals surface area contributed by atoms with Crippen molar-refractivity contribution in [2.45, 2.75) is 91.1 Å². The lowest BCUT2D eigenvalue weighted by atomic mass is 9.99. The molecule has 1 aromatic carbocycles. The minimum Gasteiger partial charge on any atom is -0.731 e. The molecule has 0 aromatic heterocycles. The topological polar surface area (TPSA) is 104 Å². The highest BCUT2D eigenvalue weighted by molar-refractivity contribution is 7.84. The monoisotopic (exact) mass is 509 g/mol. The van der Waals surface area contributed by atoms with Gasteiger partial charge in [0, 0.05) is 0 Å². The molecule has 1 aliphatic heterocycles. The Morgan fingerprint density at radius 1 is 0.886 bits per heavy atom. The second-order valence-corrected chi connectivity index (χ2v) is 10.8. The number of carbonyl (C=O) groups is 1. The first-order valence-electron chi connectivity index (χ1n) is 13.3. The molecule has 1 fully saturated rings. The number of unbranched alkanes of at least 4 members (excludes halogenated alkanes) is 4. The van der Waals surface area contributed by atoms with Crippen molar-refractivity contribution in [2.75, 3.05) is 26.2 Å². The lowest BCUT2D eigenvalue weighted by molar-refractivity contribution is -0.929. The third kappa shape index (κ3) is 10.4. The van der Waals surface area contributed by atoms with E-state index in [2.05, 4.69) is 27.7 Å². The van der Waals surface area contributed by atoms with E-state index >= 15 is 0 Å². The summed E-state index contributed by atoms with van der Waals surface area (Å²) >= 11 is 0. The van der Waals surface area contributed by atoms with Crippen LogP contribution in [-0.4, -0.2) is 65.9 Å². The van der Waals surface area contributed by atoms with E-state index in [1.165, 1.54) is 88.1 Å². The smallest absolute Gasteiger partial charge is 0.255 e. The summed E-state index contributed by atoms with van der Waals surface area (Å²) in [6, 6.07) is 7.19. The zero-order chi connectivity index (χ0) is 26.3. The van der Waals surface area contributed by atoms with Crippen LogP contribution in [0.25, 0.3) is 6.08 Å². The number of carbonyl (C=O) groups excluding carboxylic acids is 1. The van der Waals surface area contributed by atoms with Gasteiger partial charge in [-0.2, -0.15) is 0 Å². The van der Waals surface area contributed by atoms with E-state index in [-0.39, 0.29) is 4.31 Å².